The van der Waals surface area contributed by atoms with E-state index in [0.29, 0.717) is 25.9 Å². The molecule has 0 unspecified atom stereocenters. The third-order valence-corrected chi connectivity index (χ3v) is 6.74. The number of hydrogen-bond acceptors (Lipinski definition) is 5. The minimum atomic E-state index is -0.815. The monoisotopic (exact) mass is 458 g/mol. The van der Waals surface area contributed by atoms with E-state index in [2.05, 4.69) is 59.5 Å². The lowest BCUT2D eigenvalue weighted by molar-refractivity contribution is -0.145. The van der Waals surface area contributed by atoms with Crippen LogP contribution in [0.3, 0.4) is 0 Å². The van der Waals surface area contributed by atoms with Crippen molar-refractivity contribution in [2.24, 2.45) is 5.92 Å². The minimum absolute atomic E-state index is 0.116. The van der Waals surface area contributed by atoms with E-state index in [0.717, 1.165) is 26.2 Å². The van der Waals surface area contributed by atoms with Crippen LogP contribution in [0.25, 0.3) is 0 Å². The largest absolute Gasteiger partial charge is 0.481 e. The smallest absolute Gasteiger partial charge is 0.306 e. The Balaban J connectivity index is 1.41. The highest BCUT2D eigenvalue weighted by Gasteiger charge is 2.30. The lowest BCUT2D eigenvalue weighted by Gasteiger charge is -2.39. The Hall–Kier alpha value is -3.63. The van der Waals surface area contributed by atoms with Gasteiger partial charge in [0.05, 0.1) is 12.0 Å². The summed E-state index contributed by atoms with van der Waals surface area (Å²) in [4.78, 5) is 30.1. The van der Waals surface area contributed by atoms with Crippen LogP contribution in [-0.2, 0) is 9.59 Å². The Kier molecular flexibility index (Phi) is 7.61. The van der Waals surface area contributed by atoms with E-state index < -0.39 is 11.9 Å². The van der Waals surface area contributed by atoms with Crippen LogP contribution >= 0.6 is 0 Å². The van der Waals surface area contributed by atoms with Crippen molar-refractivity contribution in [3.8, 4) is 6.07 Å². The van der Waals surface area contributed by atoms with Crippen molar-refractivity contribution in [3.63, 3.8) is 0 Å². The molecule has 0 radical (unpaired) electrons. The summed E-state index contributed by atoms with van der Waals surface area (Å²) in [7, 11) is 0. The molecule has 2 aliphatic heterocycles. The number of aliphatic carboxylic acids is 1. The van der Waals surface area contributed by atoms with Crippen LogP contribution in [0.5, 0.6) is 0 Å². The maximum absolute atomic E-state index is 12.9. The normalized spacial score (nSPS) is 18.1. The second kappa shape index (κ2) is 11.0. The number of nitrogens with zero attached hydrogens (tertiary/aromatic N) is 4. The summed E-state index contributed by atoms with van der Waals surface area (Å²) < 4.78 is 0. The van der Waals surface area contributed by atoms with Gasteiger partial charge in [-0.1, -0.05) is 60.7 Å². The zero-order chi connectivity index (χ0) is 23.9. The molecule has 2 aliphatic rings. The average Bonchev–Trinajstić information content (AvgIpc) is 2.89. The molecule has 0 aromatic heterocycles. The number of piperidine rings is 1. The number of rotatable bonds is 6. The lowest BCUT2D eigenvalue weighted by Crippen LogP contribution is -2.46. The third kappa shape index (κ3) is 5.46. The first-order valence-corrected chi connectivity index (χ1v) is 11.8. The van der Waals surface area contributed by atoms with Crippen molar-refractivity contribution in [3.05, 3.63) is 83.6 Å². The van der Waals surface area contributed by atoms with Gasteiger partial charge in [-0.15, -0.1) is 0 Å². The van der Waals surface area contributed by atoms with E-state index in [4.69, 9.17) is 5.11 Å². The van der Waals surface area contributed by atoms with Crippen LogP contribution in [0.4, 0.5) is 0 Å². The predicted molar refractivity (Wildman–Crippen MR) is 129 cm³/mol. The summed E-state index contributed by atoms with van der Waals surface area (Å²) in [6, 6.07) is 23.2. The summed E-state index contributed by atoms with van der Waals surface area (Å²) in [5.41, 5.74) is 2.61. The highest BCUT2D eigenvalue weighted by atomic mass is 16.4. The van der Waals surface area contributed by atoms with Gasteiger partial charge < -0.3 is 14.9 Å². The van der Waals surface area contributed by atoms with Gasteiger partial charge in [0.15, 0.2) is 0 Å². The van der Waals surface area contributed by atoms with E-state index in [1.807, 2.05) is 17.0 Å². The average molecular weight is 459 g/mol. The molecule has 2 fully saturated rings. The molecule has 176 valence electrons. The number of piperazine rings is 1. The number of benzene rings is 2. The number of carboxylic acids is 1. The van der Waals surface area contributed by atoms with Gasteiger partial charge in [-0.05, 0) is 24.0 Å². The second-order valence-corrected chi connectivity index (χ2v) is 8.86. The number of carboxylic acid groups (broad SMARTS) is 1. The van der Waals surface area contributed by atoms with Crippen LogP contribution in [0.2, 0.25) is 0 Å². The maximum atomic E-state index is 12.9. The molecule has 2 aromatic rings. The highest BCUT2D eigenvalue weighted by Crippen LogP contribution is 2.29. The van der Waals surface area contributed by atoms with E-state index in [-0.39, 0.29) is 17.5 Å². The van der Waals surface area contributed by atoms with Crippen molar-refractivity contribution in [1.82, 2.24) is 14.7 Å². The summed E-state index contributed by atoms with van der Waals surface area (Å²) >= 11 is 0. The molecule has 7 heteroatoms. The highest BCUT2D eigenvalue weighted by molar-refractivity contribution is 5.97. The fraction of sp³-hybridized carbons (Fsp3) is 0.370. The van der Waals surface area contributed by atoms with E-state index in [9.17, 15) is 14.9 Å². The Bertz CT molecular complexity index is 1010. The molecule has 0 spiro atoms. The molecule has 0 atom stereocenters. The number of nitriles is 1. The Labute approximate surface area is 200 Å². The van der Waals surface area contributed by atoms with Crippen molar-refractivity contribution in [2.75, 3.05) is 39.3 Å². The van der Waals surface area contributed by atoms with Crippen molar-refractivity contribution in [1.29, 1.82) is 5.26 Å². The summed E-state index contributed by atoms with van der Waals surface area (Å²) in [6.07, 6.45) is 2.54. The van der Waals surface area contributed by atoms with Crippen molar-refractivity contribution >= 4 is 11.9 Å². The van der Waals surface area contributed by atoms with Gasteiger partial charge in [0.2, 0.25) is 0 Å². The fourth-order valence-corrected chi connectivity index (χ4v) is 4.82. The molecule has 2 heterocycles. The molecule has 0 aliphatic carbocycles. The number of hydrogen-bond donors (Lipinski definition) is 1. The van der Waals surface area contributed by atoms with Gasteiger partial charge in [0.25, 0.3) is 5.91 Å². The van der Waals surface area contributed by atoms with E-state index in [1.54, 1.807) is 11.1 Å². The lowest BCUT2D eigenvalue weighted by atomic mass is 9.96. The van der Waals surface area contributed by atoms with Crippen molar-refractivity contribution < 1.29 is 14.7 Å². The van der Waals surface area contributed by atoms with Gasteiger partial charge in [-0.25, -0.2) is 0 Å². The summed E-state index contributed by atoms with van der Waals surface area (Å²) in [5.74, 6) is -1.53. The molecule has 1 N–H and O–H groups in total. The molecule has 0 saturated carbocycles. The molecular weight excluding hydrogens is 428 g/mol. The third-order valence-electron chi connectivity index (χ3n) is 6.74. The van der Waals surface area contributed by atoms with Crippen LogP contribution in [0, 0.1) is 17.2 Å². The SMILES string of the molecule is N#C/C(=C/N1CCN(C(c2ccccc2)c2ccccc2)CC1)C(=O)N1CCC(C(=O)O)CC1. The molecule has 7 nitrogen and oxygen atoms in total. The fourth-order valence-electron chi connectivity index (χ4n) is 4.82. The van der Waals surface area contributed by atoms with Crippen LogP contribution in [-0.4, -0.2) is 71.0 Å². The second-order valence-electron chi connectivity index (χ2n) is 8.86. The first kappa shape index (κ1) is 23.5. The van der Waals surface area contributed by atoms with E-state index >= 15 is 0 Å². The zero-order valence-electron chi connectivity index (χ0n) is 19.2. The quantitative estimate of drug-likeness (QED) is 0.529. The maximum Gasteiger partial charge on any atom is 0.306 e. The van der Waals surface area contributed by atoms with Gasteiger partial charge in [-0.3, -0.25) is 14.5 Å². The van der Waals surface area contributed by atoms with Gasteiger partial charge in [0, 0.05) is 45.5 Å². The molecule has 0 bridgehead atoms. The molecule has 4 rings (SSSR count). The van der Waals surface area contributed by atoms with Gasteiger partial charge in [-0.2, -0.15) is 5.26 Å². The Morgan fingerprint density at radius 1 is 0.882 bits per heavy atom. The Morgan fingerprint density at radius 2 is 1.41 bits per heavy atom. The standard InChI is InChI=1S/C27H30N4O3/c28-19-24(26(32)31-13-11-23(12-14-31)27(33)34)20-29-15-17-30(18-16-29)25(21-7-3-1-4-8-21)22-9-5-2-6-10-22/h1-10,20,23,25H,11-18H2,(H,33,34)/b24-20-. The molecule has 34 heavy (non-hydrogen) atoms. The Morgan fingerprint density at radius 3 is 1.88 bits per heavy atom. The first-order valence-electron chi connectivity index (χ1n) is 11.8. The van der Waals surface area contributed by atoms with Crippen LogP contribution in [0.1, 0.15) is 30.0 Å². The number of amides is 1. The van der Waals surface area contributed by atoms with Crippen LogP contribution < -0.4 is 0 Å². The van der Waals surface area contributed by atoms with Crippen LogP contribution in [0.15, 0.2) is 72.4 Å². The molecule has 1 amide bonds. The zero-order valence-corrected chi connectivity index (χ0v) is 19.2. The van der Waals surface area contributed by atoms with Gasteiger partial charge >= 0.3 is 5.97 Å². The topological polar surface area (TPSA) is 87.9 Å². The number of likely N-dealkylation sites (tertiary alicyclic amines) is 1. The minimum Gasteiger partial charge on any atom is -0.481 e. The molecule has 2 aromatic carbocycles. The summed E-state index contributed by atoms with van der Waals surface area (Å²) in [6.45, 7) is 3.80. The number of carbonyl (C=O) groups excluding carboxylic acids is 1. The van der Waals surface area contributed by atoms with Gasteiger partial charge in [0.1, 0.15) is 11.6 Å². The molecular formula is C27H30N4O3. The number of carbonyl (C=O) groups is 2. The predicted octanol–water partition coefficient (Wildman–Crippen LogP) is 3.12. The van der Waals surface area contributed by atoms with Crippen molar-refractivity contribution in [2.45, 2.75) is 18.9 Å². The molecule has 2 saturated heterocycles. The van der Waals surface area contributed by atoms with E-state index in [1.165, 1.54) is 11.1 Å². The summed E-state index contributed by atoms with van der Waals surface area (Å²) in [5, 5.41) is 18.8. The first-order chi connectivity index (χ1) is 16.6.